The largest absolute Gasteiger partial charge is 0.451 e. The van der Waals surface area contributed by atoms with Crippen molar-refractivity contribution in [2.45, 2.75) is 37.8 Å². The van der Waals surface area contributed by atoms with Crippen molar-refractivity contribution in [3.05, 3.63) is 77.0 Å². The summed E-state index contributed by atoms with van der Waals surface area (Å²) >= 11 is 6.45. The molecule has 5 nitrogen and oxygen atoms in total. The van der Waals surface area contributed by atoms with Gasteiger partial charge in [0.25, 0.3) is 0 Å². The Kier molecular flexibility index (Phi) is 4.76. The average molecular weight is 355 g/mol. The van der Waals surface area contributed by atoms with Crippen molar-refractivity contribution < 1.29 is 4.42 Å². The molecule has 4 rings (SSSR count). The number of pyridine rings is 2. The van der Waals surface area contributed by atoms with Gasteiger partial charge in [-0.2, -0.15) is 0 Å². The lowest BCUT2D eigenvalue weighted by Gasteiger charge is -2.31. The van der Waals surface area contributed by atoms with E-state index >= 15 is 0 Å². The number of hydrogen-bond donors (Lipinski definition) is 1. The summed E-state index contributed by atoms with van der Waals surface area (Å²) < 4.78 is 5.04. The summed E-state index contributed by atoms with van der Waals surface area (Å²) in [5.74, 6) is 0. The van der Waals surface area contributed by atoms with Gasteiger partial charge >= 0.3 is 0 Å². The molecule has 0 aliphatic carbocycles. The van der Waals surface area contributed by atoms with Crippen molar-refractivity contribution >= 4 is 11.6 Å². The Bertz CT molecular complexity index is 823. The van der Waals surface area contributed by atoms with Crippen LogP contribution in [0.2, 0.25) is 5.02 Å². The maximum atomic E-state index is 6.45. The van der Waals surface area contributed by atoms with Gasteiger partial charge in [0.2, 0.25) is 0 Å². The van der Waals surface area contributed by atoms with Gasteiger partial charge in [-0.1, -0.05) is 17.7 Å². The van der Waals surface area contributed by atoms with Gasteiger partial charge in [0, 0.05) is 24.4 Å². The highest BCUT2D eigenvalue weighted by molar-refractivity contribution is 6.31. The van der Waals surface area contributed by atoms with Gasteiger partial charge in [0.05, 0.1) is 28.1 Å². The third kappa shape index (κ3) is 3.72. The summed E-state index contributed by atoms with van der Waals surface area (Å²) in [5.41, 5.74) is 3.78. The third-order valence-electron chi connectivity index (χ3n) is 4.54. The van der Waals surface area contributed by atoms with Gasteiger partial charge in [-0.25, -0.2) is 4.98 Å². The number of rotatable bonds is 4. The van der Waals surface area contributed by atoms with E-state index in [9.17, 15) is 0 Å². The van der Waals surface area contributed by atoms with E-state index < -0.39 is 0 Å². The highest BCUT2D eigenvalue weighted by Gasteiger charge is 2.26. The van der Waals surface area contributed by atoms with Crippen LogP contribution in [0.5, 0.6) is 0 Å². The first-order valence-electron chi connectivity index (χ1n) is 8.49. The Morgan fingerprint density at radius 1 is 1.08 bits per heavy atom. The van der Waals surface area contributed by atoms with E-state index in [1.54, 1.807) is 6.26 Å². The fraction of sp³-hybridized carbons (Fsp3) is 0.316. The molecular weight excluding hydrogens is 336 g/mol. The summed E-state index contributed by atoms with van der Waals surface area (Å²) in [6.07, 6.45) is 8.76. The first-order valence-corrected chi connectivity index (χ1v) is 8.87. The minimum absolute atomic E-state index is 0.130. The zero-order chi connectivity index (χ0) is 17.1. The molecule has 0 saturated carbocycles. The summed E-state index contributed by atoms with van der Waals surface area (Å²) in [5, 5.41) is 4.37. The molecular formula is C19H19ClN4O. The molecule has 0 spiro atoms. The average Bonchev–Trinajstić information content (AvgIpc) is 3.17. The normalized spacial score (nSPS) is 20.5. The van der Waals surface area contributed by atoms with Gasteiger partial charge in [-0.3, -0.25) is 9.97 Å². The van der Waals surface area contributed by atoms with Crippen molar-refractivity contribution in [1.29, 1.82) is 0 Å². The standard InChI is InChI=1S/C19H19ClN4O/c20-15-8-7-13(10-14-11-25-12-22-14)23-19(15)18-6-3-5-17(24-18)16-4-1-2-9-21-16/h1-2,4,7-9,11-12,17-18,24H,3,5-6,10H2/t17-,18+/m0/s1. The van der Waals surface area contributed by atoms with E-state index in [4.69, 9.17) is 21.0 Å². The second-order valence-corrected chi connectivity index (χ2v) is 6.69. The first-order chi connectivity index (χ1) is 12.3. The molecule has 0 aromatic carbocycles. The lowest BCUT2D eigenvalue weighted by Crippen LogP contribution is -2.32. The van der Waals surface area contributed by atoms with Crippen molar-refractivity contribution in [2.75, 3.05) is 0 Å². The maximum absolute atomic E-state index is 6.45. The second-order valence-electron chi connectivity index (χ2n) is 6.28. The number of nitrogens with one attached hydrogen (secondary N) is 1. The van der Waals surface area contributed by atoms with Crippen LogP contribution in [-0.4, -0.2) is 15.0 Å². The Morgan fingerprint density at radius 3 is 2.80 bits per heavy atom. The minimum atomic E-state index is 0.130. The molecule has 0 bridgehead atoms. The van der Waals surface area contributed by atoms with Crippen LogP contribution in [-0.2, 0) is 6.42 Å². The molecule has 0 radical (unpaired) electrons. The molecule has 2 atom stereocenters. The number of nitrogens with zero attached hydrogens (tertiary/aromatic N) is 3. The highest BCUT2D eigenvalue weighted by atomic mass is 35.5. The Morgan fingerprint density at radius 2 is 2.00 bits per heavy atom. The summed E-state index contributed by atoms with van der Waals surface area (Å²) in [7, 11) is 0. The molecule has 4 heterocycles. The Labute approximate surface area is 151 Å². The fourth-order valence-corrected chi connectivity index (χ4v) is 3.56. The van der Waals surface area contributed by atoms with Crippen LogP contribution in [0.1, 0.15) is 54.1 Å². The lowest BCUT2D eigenvalue weighted by atomic mass is 9.94. The predicted octanol–water partition coefficient (Wildman–Crippen LogP) is 4.26. The molecule has 1 aliphatic heterocycles. The van der Waals surface area contributed by atoms with Crippen LogP contribution >= 0.6 is 11.6 Å². The van der Waals surface area contributed by atoms with E-state index in [-0.39, 0.29) is 12.1 Å². The number of piperidine rings is 1. The molecule has 1 aliphatic rings. The van der Waals surface area contributed by atoms with E-state index in [2.05, 4.69) is 21.4 Å². The number of halogens is 1. The molecule has 3 aromatic rings. The molecule has 1 fully saturated rings. The van der Waals surface area contributed by atoms with Gasteiger partial charge < -0.3 is 9.73 Å². The number of aromatic nitrogens is 3. The van der Waals surface area contributed by atoms with Crippen molar-refractivity contribution in [1.82, 2.24) is 20.3 Å². The fourth-order valence-electron chi connectivity index (χ4n) is 3.32. The van der Waals surface area contributed by atoms with Crippen LogP contribution in [0.4, 0.5) is 0 Å². The molecule has 0 amide bonds. The summed E-state index contributed by atoms with van der Waals surface area (Å²) in [6.45, 7) is 0. The molecule has 25 heavy (non-hydrogen) atoms. The number of oxazole rings is 1. The minimum Gasteiger partial charge on any atom is -0.451 e. The zero-order valence-electron chi connectivity index (χ0n) is 13.7. The van der Waals surface area contributed by atoms with Crippen LogP contribution in [0.3, 0.4) is 0 Å². The van der Waals surface area contributed by atoms with Crippen molar-refractivity contribution in [3.8, 4) is 0 Å². The van der Waals surface area contributed by atoms with Crippen molar-refractivity contribution in [3.63, 3.8) is 0 Å². The first kappa shape index (κ1) is 16.2. The topological polar surface area (TPSA) is 63.8 Å². The van der Waals surface area contributed by atoms with Gasteiger partial charge in [0.15, 0.2) is 6.39 Å². The summed E-state index contributed by atoms with van der Waals surface area (Å²) in [6, 6.07) is 10.3. The zero-order valence-corrected chi connectivity index (χ0v) is 14.5. The van der Waals surface area contributed by atoms with E-state index in [0.717, 1.165) is 42.0 Å². The third-order valence-corrected chi connectivity index (χ3v) is 4.86. The Hall–Kier alpha value is -2.24. The molecule has 3 aromatic heterocycles. The molecule has 1 N–H and O–H groups in total. The number of hydrogen-bond acceptors (Lipinski definition) is 5. The quantitative estimate of drug-likeness (QED) is 0.758. The van der Waals surface area contributed by atoms with E-state index in [1.807, 2.05) is 30.5 Å². The SMILES string of the molecule is Clc1ccc(Cc2cocn2)nc1[C@H]1CCC[C@@H](c2ccccn2)N1. The smallest absolute Gasteiger partial charge is 0.180 e. The monoisotopic (exact) mass is 354 g/mol. The van der Waals surface area contributed by atoms with Gasteiger partial charge in [-0.05, 0) is 43.5 Å². The van der Waals surface area contributed by atoms with Crippen molar-refractivity contribution in [2.24, 2.45) is 0 Å². The second kappa shape index (κ2) is 7.33. The van der Waals surface area contributed by atoms with Crippen LogP contribution in [0.25, 0.3) is 0 Å². The predicted molar refractivity (Wildman–Crippen MR) is 95.3 cm³/mol. The molecule has 1 saturated heterocycles. The molecule has 6 heteroatoms. The maximum Gasteiger partial charge on any atom is 0.180 e. The van der Waals surface area contributed by atoms with E-state index in [1.165, 1.54) is 6.39 Å². The molecule has 0 unspecified atom stereocenters. The summed E-state index contributed by atoms with van der Waals surface area (Å²) in [4.78, 5) is 13.5. The van der Waals surface area contributed by atoms with Gasteiger partial charge in [0.1, 0.15) is 6.26 Å². The van der Waals surface area contributed by atoms with Crippen LogP contribution < -0.4 is 5.32 Å². The lowest BCUT2D eigenvalue weighted by molar-refractivity contribution is 0.321. The van der Waals surface area contributed by atoms with Crippen LogP contribution in [0, 0.1) is 0 Å². The molecule has 128 valence electrons. The highest BCUT2D eigenvalue weighted by Crippen LogP contribution is 2.34. The Balaban J connectivity index is 1.56. The van der Waals surface area contributed by atoms with E-state index in [0.29, 0.717) is 11.4 Å². The van der Waals surface area contributed by atoms with Crippen LogP contribution in [0.15, 0.2) is 53.6 Å². The van der Waals surface area contributed by atoms with Gasteiger partial charge in [-0.15, -0.1) is 0 Å².